The maximum absolute atomic E-state index is 13.9. The van der Waals surface area contributed by atoms with Gasteiger partial charge in [0.25, 0.3) is 0 Å². The molecule has 5 atom stereocenters. The number of carbonyl (C=O) groups is 3. The molecule has 0 radical (unpaired) electrons. The molecule has 49 heavy (non-hydrogen) atoms. The number of nitrogens with two attached hydrogens (primary N) is 1. The van der Waals surface area contributed by atoms with Gasteiger partial charge in [-0.1, -0.05) is 30.6 Å². The molecule has 2 aromatic carbocycles. The van der Waals surface area contributed by atoms with Crippen molar-refractivity contribution in [2.24, 2.45) is 21.9 Å². The molecule has 0 aliphatic heterocycles. The first-order valence-electron chi connectivity index (χ1n) is 16.4. The van der Waals surface area contributed by atoms with E-state index in [-0.39, 0.29) is 58.5 Å². The Morgan fingerprint density at radius 1 is 1.10 bits per heavy atom. The number of azide groups is 1. The number of ether oxygens (including phenoxy) is 2. The summed E-state index contributed by atoms with van der Waals surface area (Å²) in [4.78, 5) is 43.0. The summed E-state index contributed by atoms with van der Waals surface area (Å²) in [5, 5.41) is 53.5. The number of hydrazone groups is 1. The standard InChI is InChI=1S/C34H42N6O9/c1-17-11-18(35)13-19(12-17)49-23-15-34(47,24(16-41)38-39-25(42)9-4-3-5-10-37-40-36)14-21-27(23)33(46)29-28(31(21)44)30(43)20-7-6-8-22(48-2)26(20)32(29)45/h6-8,17-19,23,41,44,46-47H,3-5,9-16,35H2,1-2H3,(H,39,42)/b38-24+/t17?,18?,19?,23?,34-/m0/s1. The van der Waals surface area contributed by atoms with Gasteiger partial charge < -0.3 is 35.6 Å². The second-order valence-corrected chi connectivity index (χ2v) is 13.1. The van der Waals surface area contributed by atoms with Crippen LogP contribution in [0.3, 0.4) is 0 Å². The van der Waals surface area contributed by atoms with Gasteiger partial charge in [0.15, 0.2) is 5.78 Å². The van der Waals surface area contributed by atoms with E-state index in [4.69, 9.17) is 20.7 Å². The first-order chi connectivity index (χ1) is 23.4. The number of ketones is 2. The summed E-state index contributed by atoms with van der Waals surface area (Å²) in [5.74, 6) is -2.74. The van der Waals surface area contributed by atoms with Gasteiger partial charge in [-0.2, -0.15) is 5.10 Å². The molecule has 1 fully saturated rings. The van der Waals surface area contributed by atoms with E-state index in [9.17, 15) is 34.8 Å². The van der Waals surface area contributed by atoms with E-state index < -0.39 is 70.9 Å². The van der Waals surface area contributed by atoms with Crippen molar-refractivity contribution in [1.82, 2.24) is 5.43 Å². The van der Waals surface area contributed by atoms with Crippen LogP contribution in [0, 0.1) is 5.92 Å². The van der Waals surface area contributed by atoms with Crippen molar-refractivity contribution >= 4 is 23.2 Å². The Morgan fingerprint density at radius 3 is 2.55 bits per heavy atom. The Labute approximate surface area is 282 Å². The van der Waals surface area contributed by atoms with E-state index in [0.29, 0.717) is 38.6 Å². The fourth-order valence-corrected chi connectivity index (χ4v) is 7.35. The van der Waals surface area contributed by atoms with Gasteiger partial charge in [-0.3, -0.25) is 14.4 Å². The summed E-state index contributed by atoms with van der Waals surface area (Å²) < 4.78 is 11.9. The van der Waals surface area contributed by atoms with Gasteiger partial charge >= 0.3 is 0 Å². The number of nitrogens with one attached hydrogen (secondary N) is 1. The average molecular weight is 679 g/mol. The maximum atomic E-state index is 13.9. The Kier molecular flexibility index (Phi) is 10.9. The van der Waals surface area contributed by atoms with E-state index in [1.165, 1.54) is 25.3 Å². The number of methoxy groups -OCH3 is 1. The number of aromatic hydroxyl groups is 2. The smallest absolute Gasteiger partial charge is 0.240 e. The first-order valence-corrected chi connectivity index (χ1v) is 16.4. The topological polar surface area (TPSA) is 250 Å². The van der Waals surface area contributed by atoms with Crippen molar-refractivity contribution in [1.29, 1.82) is 0 Å². The van der Waals surface area contributed by atoms with E-state index in [1.807, 2.05) is 6.92 Å². The summed E-state index contributed by atoms with van der Waals surface area (Å²) in [7, 11) is 1.35. The first kappa shape index (κ1) is 35.8. The number of amides is 1. The second-order valence-electron chi connectivity index (χ2n) is 13.1. The second kappa shape index (κ2) is 14.9. The number of carbonyl (C=O) groups excluding carboxylic acids is 3. The number of benzene rings is 2. The van der Waals surface area contributed by atoms with Crippen molar-refractivity contribution in [2.75, 3.05) is 20.3 Å². The highest BCUT2D eigenvalue weighted by Gasteiger charge is 2.49. The van der Waals surface area contributed by atoms with Crippen LogP contribution in [-0.2, 0) is 16.0 Å². The predicted octanol–water partition coefficient (Wildman–Crippen LogP) is 3.47. The Morgan fingerprint density at radius 2 is 1.86 bits per heavy atom. The summed E-state index contributed by atoms with van der Waals surface area (Å²) in [6.45, 7) is 1.58. The third-order valence-corrected chi connectivity index (χ3v) is 9.60. The largest absolute Gasteiger partial charge is 0.507 e. The quantitative estimate of drug-likeness (QED) is 0.0309. The van der Waals surface area contributed by atoms with Gasteiger partial charge in [0.05, 0.1) is 48.3 Å². The molecular weight excluding hydrogens is 636 g/mol. The molecule has 4 unspecified atom stereocenters. The molecule has 0 heterocycles. The average Bonchev–Trinajstić information content (AvgIpc) is 3.06. The lowest BCUT2D eigenvalue weighted by molar-refractivity contribution is -0.121. The van der Waals surface area contributed by atoms with Crippen LogP contribution >= 0.6 is 0 Å². The molecule has 7 N–H and O–H groups in total. The molecule has 1 amide bonds. The normalized spacial score (nSPS) is 24.7. The van der Waals surface area contributed by atoms with Crippen molar-refractivity contribution < 1.29 is 44.3 Å². The Hall–Kier alpha value is -4.53. The minimum Gasteiger partial charge on any atom is -0.507 e. The Balaban J connectivity index is 1.54. The molecule has 1 saturated carbocycles. The maximum Gasteiger partial charge on any atom is 0.240 e. The van der Waals surface area contributed by atoms with Crippen molar-refractivity contribution in [3.05, 3.63) is 62.0 Å². The molecule has 0 saturated heterocycles. The number of nitrogens with zero attached hydrogens (tertiary/aromatic N) is 4. The number of phenols is 2. The third-order valence-electron chi connectivity index (χ3n) is 9.60. The van der Waals surface area contributed by atoms with Crippen LogP contribution in [0.1, 0.15) is 107 Å². The van der Waals surface area contributed by atoms with Crippen LogP contribution in [0.4, 0.5) is 0 Å². The molecule has 3 aliphatic rings. The number of unbranched alkanes of at least 4 members (excludes halogenated alkanes) is 2. The molecule has 3 aliphatic carbocycles. The number of fused-ring (bicyclic) bond motifs is 3. The molecule has 0 bridgehead atoms. The fraction of sp³-hybridized carbons (Fsp3) is 0.529. The molecule has 0 spiro atoms. The zero-order valence-electron chi connectivity index (χ0n) is 27.5. The molecule has 2 aromatic rings. The highest BCUT2D eigenvalue weighted by molar-refractivity contribution is 6.31. The summed E-state index contributed by atoms with van der Waals surface area (Å²) >= 11 is 0. The lowest BCUT2D eigenvalue weighted by atomic mass is 9.71. The number of aliphatic hydroxyl groups excluding tert-OH is 1. The number of hydrogen-bond donors (Lipinski definition) is 6. The van der Waals surface area contributed by atoms with Gasteiger partial charge in [0.1, 0.15) is 22.8 Å². The number of aliphatic hydroxyl groups is 2. The van der Waals surface area contributed by atoms with Crippen LogP contribution < -0.4 is 15.9 Å². The van der Waals surface area contributed by atoms with Gasteiger partial charge in [0, 0.05) is 53.5 Å². The van der Waals surface area contributed by atoms with Crippen LogP contribution in [0.5, 0.6) is 17.2 Å². The highest BCUT2D eigenvalue weighted by Crippen LogP contribution is 2.52. The zero-order chi connectivity index (χ0) is 35.5. The lowest BCUT2D eigenvalue weighted by Gasteiger charge is -2.42. The van der Waals surface area contributed by atoms with Gasteiger partial charge in [-0.15, -0.1) is 0 Å². The summed E-state index contributed by atoms with van der Waals surface area (Å²) in [5.41, 5.74) is 13.9. The van der Waals surface area contributed by atoms with Crippen LogP contribution in [0.25, 0.3) is 10.4 Å². The van der Waals surface area contributed by atoms with Crippen LogP contribution in [-0.4, -0.2) is 81.6 Å². The third kappa shape index (κ3) is 7.12. The molecule has 0 aromatic heterocycles. The van der Waals surface area contributed by atoms with Crippen LogP contribution in [0.15, 0.2) is 28.4 Å². The Bertz CT molecular complexity index is 1710. The lowest BCUT2D eigenvalue weighted by Crippen LogP contribution is -2.49. The molecule has 262 valence electrons. The predicted molar refractivity (Wildman–Crippen MR) is 177 cm³/mol. The molecule has 15 nitrogen and oxygen atoms in total. The minimum atomic E-state index is -2.02. The summed E-state index contributed by atoms with van der Waals surface area (Å²) in [6.07, 6.45) is 1.46. The van der Waals surface area contributed by atoms with Crippen molar-refractivity contribution in [2.45, 2.75) is 88.6 Å². The van der Waals surface area contributed by atoms with Gasteiger partial charge in [-0.05, 0) is 49.6 Å². The van der Waals surface area contributed by atoms with E-state index >= 15 is 0 Å². The van der Waals surface area contributed by atoms with Crippen LogP contribution in [0.2, 0.25) is 0 Å². The minimum absolute atomic E-state index is 0.0198. The summed E-state index contributed by atoms with van der Waals surface area (Å²) in [6, 6.07) is 4.31. The molecular formula is C34H42N6O9. The van der Waals surface area contributed by atoms with E-state index in [1.54, 1.807) is 0 Å². The fourth-order valence-electron chi connectivity index (χ4n) is 7.35. The van der Waals surface area contributed by atoms with E-state index in [2.05, 4.69) is 20.6 Å². The monoisotopic (exact) mass is 678 g/mol. The number of phenolic OH excluding ortho intramolecular Hbond substituents is 2. The molecule has 5 rings (SSSR count). The van der Waals surface area contributed by atoms with E-state index in [0.717, 1.165) is 6.42 Å². The zero-order valence-corrected chi connectivity index (χ0v) is 27.5. The van der Waals surface area contributed by atoms with Gasteiger partial charge in [-0.25, -0.2) is 5.43 Å². The van der Waals surface area contributed by atoms with Crippen molar-refractivity contribution in [3.8, 4) is 17.2 Å². The molecule has 15 heteroatoms. The number of hydrogen-bond acceptors (Lipinski definition) is 12. The SMILES string of the molecule is COc1cccc2c1C(=O)c1c(O)c3c(c(O)c1C2=O)C[C@@](O)(/C(CO)=N/NC(=O)CCCCCN=[N+]=[N-])CC3OC1CC(C)CC(N)C1. The highest BCUT2D eigenvalue weighted by atomic mass is 16.5. The van der Waals surface area contributed by atoms with Crippen molar-refractivity contribution in [3.63, 3.8) is 0 Å². The number of rotatable bonds is 12. The van der Waals surface area contributed by atoms with Gasteiger partial charge in [0.2, 0.25) is 11.7 Å².